The average Bonchev–Trinajstić information content (AvgIpc) is 2.95. The largest absolute Gasteiger partial charge is 0.462 e. The van der Waals surface area contributed by atoms with E-state index in [1.807, 2.05) is 13.8 Å². The maximum Gasteiger partial charge on any atom is 0.306 e. The number of fused-ring (bicyclic) bond motifs is 1. The second-order valence-corrected chi connectivity index (χ2v) is 9.12. The molecule has 6 heteroatoms. The molecule has 0 aromatic heterocycles. The molecule has 0 unspecified atom stereocenters. The Morgan fingerprint density at radius 2 is 2.00 bits per heavy atom. The highest BCUT2D eigenvalue weighted by molar-refractivity contribution is 5.72. The van der Waals surface area contributed by atoms with Gasteiger partial charge in [-0.05, 0) is 24.8 Å². The lowest BCUT2D eigenvalue weighted by atomic mass is 9.39. The molecular weight excluding hydrogens is 336 g/mol. The maximum atomic E-state index is 12.3. The van der Waals surface area contributed by atoms with E-state index >= 15 is 0 Å². The van der Waals surface area contributed by atoms with Gasteiger partial charge in [-0.1, -0.05) is 25.2 Å². The Labute approximate surface area is 152 Å². The first-order chi connectivity index (χ1) is 12.2. The number of aliphatic hydroxyl groups excluding tert-OH is 3. The number of rotatable bonds is 0. The van der Waals surface area contributed by atoms with Crippen LogP contribution in [-0.2, 0) is 14.3 Å². The standard InChI is InChI=1S/C20H26O6/c1-8-4-12(21)18(24)19(3)10(8)5-13-20-7-25-16(17(19)20)15(23)9(2)11(20)6-14(22)26-13/h4,10-13,15-18,21,23-24H,2,5-7H2,1,3H3/t10-,11-,12-,13+,15+,16-,17+,18+,19-,20+/m0/s1. The number of hydrogen-bond acceptors (Lipinski definition) is 6. The molecule has 26 heavy (non-hydrogen) atoms. The summed E-state index contributed by atoms with van der Waals surface area (Å²) in [5.74, 6) is -0.741. The summed E-state index contributed by atoms with van der Waals surface area (Å²) < 4.78 is 11.9. The second-order valence-electron chi connectivity index (χ2n) is 9.12. The van der Waals surface area contributed by atoms with Crippen LogP contribution in [-0.4, -0.2) is 58.4 Å². The quantitative estimate of drug-likeness (QED) is 0.430. The molecule has 2 aliphatic heterocycles. The van der Waals surface area contributed by atoms with Crippen molar-refractivity contribution in [1.82, 2.24) is 0 Å². The lowest BCUT2D eigenvalue weighted by Gasteiger charge is -2.66. The molecule has 142 valence electrons. The topological polar surface area (TPSA) is 96.2 Å². The zero-order valence-corrected chi connectivity index (χ0v) is 15.1. The summed E-state index contributed by atoms with van der Waals surface area (Å²) >= 11 is 0. The minimum absolute atomic E-state index is 0.0432. The van der Waals surface area contributed by atoms with Crippen LogP contribution in [0.2, 0.25) is 0 Å². The van der Waals surface area contributed by atoms with Crippen LogP contribution in [0.5, 0.6) is 0 Å². The number of ether oxygens (including phenoxy) is 2. The molecule has 10 atom stereocenters. The van der Waals surface area contributed by atoms with Crippen LogP contribution in [0.4, 0.5) is 0 Å². The fraction of sp³-hybridized carbons (Fsp3) is 0.750. The van der Waals surface area contributed by atoms with Crippen molar-refractivity contribution in [3.05, 3.63) is 23.8 Å². The van der Waals surface area contributed by atoms with Gasteiger partial charge in [0, 0.05) is 22.7 Å². The zero-order chi connectivity index (χ0) is 18.6. The van der Waals surface area contributed by atoms with Crippen LogP contribution in [0.15, 0.2) is 23.8 Å². The summed E-state index contributed by atoms with van der Waals surface area (Å²) in [5, 5.41) is 32.4. The lowest BCUT2D eigenvalue weighted by Crippen LogP contribution is -2.71. The van der Waals surface area contributed by atoms with Crippen molar-refractivity contribution in [1.29, 1.82) is 0 Å². The Balaban J connectivity index is 1.74. The maximum absolute atomic E-state index is 12.3. The molecule has 0 aromatic rings. The number of hydrogen-bond donors (Lipinski definition) is 3. The van der Waals surface area contributed by atoms with E-state index in [-0.39, 0.29) is 36.2 Å². The van der Waals surface area contributed by atoms with Gasteiger partial charge in [-0.2, -0.15) is 0 Å². The Morgan fingerprint density at radius 1 is 1.27 bits per heavy atom. The number of carbonyl (C=O) groups excluding carboxylic acids is 1. The van der Waals surface area contributed by atoms with E-state index in [1.54, 1.807) is 6.08 Å². The van der Waals surface area contributed by atoms with E-state index in [4.69, 9.17) is 9.47 Å². The van der Waals surface area contributed by atoms with Gasteiger partial charge in [0.15, 0.2) is 0 Å². The second kappa shape index (κ2) is 4.98. The van der Waals surface area contributed by atoms with Crippen molar-refractivity contribution in [2.45, 2.75) is 57.2 Å². The van der Waals surface area contributed by atoms with Gasteiger partial charge in [-0.25, -0.2) is 0 Å². The van der Waals surface area contributed by atoms with Gasteiger partial charge in [0.1, 0.15) is 12.2 Å². The molecule has 4 fully saturated rings. The van der Waals surface area contributed by atoms with Gasteiger partial charge in [0.25, 0.3) is 0 Å². The molecule has 0 radical (unpaired) electrons. The van der Waals surface area contributed by atoms with Crippen LogP contribution in [0.3, 0.4) is 0 Å². The third-order valence-corrected chi connectivity index (χ3v) is 8.28. The summed E-state index contributed by atoms with van der Waals surface area (Å²) in [4.78, 5) is 12.3. The van der Waals surface area contributed by atoms with Crippen molar-refractivity contribution in [2.24, 2.45) is 28.6 Å². The molecule has 6 nitrogen and oxygen atoms in total. The lowest BCUT2D eigenvalue weighted by molar-refractivity contribution is -0.238. The Hall–Kier alpha value is -1.21. The Morgan fingerprint density at radius 3 is 2.73 bits per heavy atom. The first-order valence-electron chi connectivity index (χ1n) is 9.45. The molecule has 2 heterocycles. The number of esters is 1. The Kier molecular flexibility index (Phi) is 3.24. The van der Waals surface area contributed by atoms with E-state index in [9.17, 15) is 20.1 Å². The molecule has 2 saturated heterocycles. The van der Waals surface area contributed by atoms with E-state index in [2.05, 4.69) is 6.58 Å². The number of allylic oxidation sites excluding steroid dienone is 1. The Bertz CT molecular complexity index is 730. The normalized spacial score (nSPS) is 57.8. The SMILES string of the molecule is C=C1[C@@H](O)[C@@H]2OC[C@]34[C@H]2[C@@]2(C)[C@H](O)[C@@H](O)C=C(C)[C@@H]2C[C@H]3OC(=O)C[C@@H]14. The first-order valence-corrected chi connectivity index (χ1v) is 9.45. The predicted octanol–water partition coefficient (Wildman–Crippen LogP) is 0.558. The van der Waals surface area contributed by atoms with Gasteiger partial charge in [0.2, 0.25) is 0 Å². The highest BCUT2D eigenvalue weighted by Crippen LogP contribution is 2.71. The van der Waals surface area contributed by atoms with Crippen LogP contribution in [0.25, 0.3) is 0 Å². The molecule has 3 aliphatic carbocycles. The number of aliphatic hydroxyl groups is 3. The van der Waals surface area contributed by atoms with Crippen LogP contribution < -0.4 is 0 Å². The summed E-state index contributed by atoms with van der Waals surface area (Å²) in [6, 6.07) is 0. The summed E-state index contributed by atoms with van der Waals surface area (Å²) in [6.07, 6.45) is -1.11. The minimum atomic E-state index is -0.958. The monoisotopic (exact) mass is 362 g/mol. The van der Waals surface area contributed by atoms with Gasteiger partial charge < -0.3 is 24.8 Å². The molecular formula is C20H26O6. The van der Waals surface area contributed by atoms with E-state index in [1.165, 1.54) is 0 Å². The van der Waals surface area contributed by atoms with Gasteiger partial charge in [-0.15, -0.1) is 0 Å². The van der Waals surface area contributed by atoms with Crippen LogP contribution in [0, 0.1) is 28.6 Å². The van der Waals surface area contributed by atoms with Crippen LogP contribution in [0.1, 0.15) is 26.7 Å². The summed E-state index contributed by atoms with van der Waals surface area (Å²) in [6.45, 7) is 8.43. The van der Waals surface area contributed by atoms with Gasteiger partial charge >= 0.3 is 5.97 Å². The van der Waals surface area contributed by atoms with Crippen molar-refractivity contribution in [2.75, 3.05) is 6.61 Å². The van der Waals surface area contributed by atoms with E-state index < -0.39 is 35.2 Å². The molecule has 2 bridgehead atoms. The first kappa shape index (κ1) is 16.9. The van der Waals surface area contributed by atoms with Crippen LogP contribution >= 0.6 is 0 Å². The molecule has 3 N–H and O–H groups in total. The smallest absolute Gasteiger partial charge is 0.306 e. The molecule has 2 saturated carbocycles. The third-order valence-electron chi connectivity index (χ3n) is 8.28. The van der Waals surface area contributed by atoms with Crippen molar-refractivity contribution in [3.63, 3.8) is 0 Å². The van der Waals surface area contributed by atoms with E-state index in [0.717, 1.165) is 5.57 Å². The molecule has 1 spiro atoms. The molecule has 0 amide bonds. The summed E-state index contributed by atoms with van der Waals surface area (Å²) in [5.41, 5.74) is 0.486. The third kappa shape index (κ3) is 1.66. The van der Waals surface area contributed by atoms with Crippen molar-refractivity contribution >= 4 is 5.97 Å². The fourth-order valence-corrected chi connectivity index (χ4v) is 7.20. The van der Waals surface area contributed by atoms with Crippen molar-refractivity contribution in [3.8, 4) is 0 Å². The fourth-order valence-electron chi connectivity index (χ4n) is 7.20. The number of carbonyl (C=O) groups is 1. The van der Waals surface area contributed by atoms with E-state index in [0.29, 0.717) is 18.6 Å². The van der Waals surface area contributed by atoms with Crippen molar-refractivity contribution < 1.29 is 29.6 Å². The molecule has 0 aromatic carbocycles. The predicted molar refractivity (Wildman–Crippen MR) is 90.8 cm³/mol. The van der Waals surface area contributed by atoms with Gasteiger partial charge in [0.05, 0.1) is 31.3 Å². The molecule has 5 rings (SSSR count). The van der Waals surface area contributed by atoms with Gasteiger partial charge in [-0.3, -0.25) is 4.79 Å². The average molecular weight is 362 g/mol. The highest BCUT2D eigenvalue weighted by atomic mass is 16.6. The summed E-state index contributed by atoms with van der Waals surface area (Å²) in [7, 11) is 0. The zero-order valence-electron chi connectivity index (χ0n) is 15.1. The molecule has 5 aliphatic rings. The highest BCUT2D eigenvalue weighted by Gasteiger charge is 2.76. The minimum Gasteiger partial charge on any atom is -0.462 e.